The molecule has 0 aliphatic rings. The summed E-state index contributed by atoms with van der Waals surface area (Å²) in [5.74, 6) is -16.4. The lowest BCUT2D eigenvalue weighted by Crippen LogP contribution is -2.61. The molecule has 37 heteroatoms. The van der Waals surface area contributed by atoms with Gasteiger partial charge in [-0.1, -0.05) is 39.8 Å². The third-order valence-electron chi connectivity index (χ3n) is 12.7. The van der Waals surface area contributed by atoms with Crippen molar-refractivity contribution < 1.29 is 96.7 Å². The van der Waals surface area contributed by atoms with E-state index in [1.54, 1.807) is 27.7 Å². The molecule has 0 saturated carbocycles. The maximum atomic E-state index is 14.3. The number of primary amides is 1. The molecule has 0 bridgehead atoms. The van der Waals surface area contributed by atoms with Gasteiger partial charge < -0.3 is 106 Å². The molecule has 1 heterocycles. The first kappa shape index (κ1) is 76.8. The summed E-state index contributed by atoms with van der Waals surface area (Å²) >= 11 is 0. The summed E-state index contributed by atoms with van der Waals surface area (Å²) in [7, 11) is -3.90. The van der Waals surface area contributed by atoms with Gasteiger partial charge in [-0.2, -0.15) is 0 Å². The number of hydrogen-bond acceptors (Lipinski definition) is 19. The van der Waals surface area contributed by atoms with Crippen LogP contribution in [0, 0.1) is 11.8 Å². The summed E-state index contributed by atoms with van der Waals surface area (Å²) in [6, 6.07) is -11.0. The van der Waals surface area contributed by atoms with Crippen LogP contribution in [0.1, 0.15) is 97.2 Å². The Labute approximate surface area is 516 Å². The number of aliphatic hydroxyl groups is 1. The van der Waals surface area contributed by atoms with Crippen molar-refractivity contribution in [1.82, 2.24) is 57.8 Å². The number of carboxylic acid groups (broad SMARTS) is 3. The number of hydrogen-bond donors (Lipinski definition) is 19. The number of aromatic nitrogens is 2. The summed E-state index contributed by atoms with van der Waals surface area (Å²) in [6.07, 6.45) is -1.98. The molecule has 1 aromatic heterocycles. The Kier molecular flexibility index (Phi) is 32.0. The number of aliphatic hydroxyl groups excluding tert-OH is 1. The van der Waals surface area contributed by atoms with Crippen molar-refractivity contribution >= 4 is 90.5 Å². The van der Waals surface area contributed by atoms with Crippen LogP contribution >= 0.6 is 7.60 Å². The Hall–Kier alpha value is -9.28. The van der Waals surface area contributed by atoms with Crippen LogP contribution in [0.5, 0.6) is 5.75 Å². The van der Waals surface area contributed by atoms with Crippen LogP contribution in [0.4, 0.5) is 0 Å². The molecule has 0 radical (unpaired) electrons. The van der Waals surface area contributed by atoms with Crippen LogP contribution in [0.15, 0.2) is 41.8 Å². The second kappa shape index (κ2) is 37.5. The number of imidazole rings is 1. The molecule has 0 fully saturated rings. The molecule has 2 rings (SSSR count). The van der Waals surface area contributed by atoms with Gasteiger partial charge in [0, 0.05) is 44.4 Å². The molecule has 0 saturated heterocycles. The largest absolute Gasteiger partial charge is 0.481 e. The minimum Gasteiger partial charge on any atom is -0.481 e. The van der Waals surface area contributed by atoms with Gasteiger partial charge in [0.25, 0.3) is 0 Å². The summed E-state index contributed by atoms with van der Waals surface area (Å²) in [5, 5.41) is 60.8. The van der Waals surface area contributed by atoms with Crippen molar-refractivity contribution in [2.45, 2.75) is 159 Å². The summed E-state index contributed by atoms with van der Waals surface area (Å²) in [5.41, 5.74) is 22.5. The fraction of sp³-hybridized carbons (Fsp3) is 0.566. The zero-order valence-corrected chi connectivity index (χ0v) is 51.3. The lowest BCUT2D eigenvalue weighted by Gasteiger charge is -2.28. The fourth-order valence-corrected chi connectivity index (χ4v) is 8.85. The molecule has 36 nitrogen and oxygen atoms in total. The Morgan fingerprint density at radius 3 is 1.54 bits per heavy atom. The Morgan fingerprint density at radius 2 is 1.06 bits per heavy atom. The van der Waals surface area contributed by atoms with Crippen molar-refractivity contribution in [3.05, 3.63) is 48.0 Å². The second-order valence-electron chi connectivity index (χ2n) is 21.8. The van der Waals surface area contributed by atoms with E-state index in [4.69, 9.17) is 27.5 Å². The van der Waals surface area contributed by atoms with E-state index >= 15 is 0 Å². The van der Waals surface area contributed by atoms with Gasteiger partial charge in [-0.05, 0) is 68.6 Å². The fourth-order valence-electron chi connectivity index (χ4n) is 8.33. The number of carbonyl (C=O) groups is 13. The number of nitrogens with zero attached hydrogens (tertiary/aromatic N) is 2. The number of nitrogens with two attached hydrogens (primary N) is 4. The van der Waals surface area contributed by atoms with Crippen molar-refractivity contribution in [1.29, 1.82) is 0 Å². The van der Waals surface area contributed by atoms with E-state index in [-0.39, 0.29) is 74.3 Å². The number of aliphatic imine (C=N–C) groups is 1. The van der Waals surface area contributed by atoms with E-state index < -0.39 is 177 Å². The molecule has 1 aromatic carbocycles. The molecule has 0 aliphatic heterocycles. The zero-order chi connectivity index (χ0) is 68.2. The highest BCUT2D eigenvalue weighted by Crippen LogP contribution is 2.38. The SMILES string of the molecule is CC(C)C[C@H](NC(=O)[C@H](CC(=O)O)NC(=O)[C@H](CCC(=O)O)NC(=O)[C@H](CCCN=C(N)N)NC(=O)[C@H](Cc1cnc[nH]1)NC(=O)[C@H](CO)NC(=O)[C@H](CC(C)C)NC(=O)[C@@H](N)CC(N)=O)C(=O)N[C@@H](C)C(=O)N[C@@H](Cc1ccc(OP(C)(=O)O)cc1)C(=O)O. The van der Waals surface area contributed by atoms with E-state index in [9.17, 15) is 92.2 Å². The van der Waals surface area contributed by atoms with Gasteiger partial charge in [0.1, 0.15) is 60.1 Å². The van der Waals surface area contributed by atoms with Crippen molar-refractivity contribution in [2.75, 3.05) is 19.8 Å². The highest BCUT2D eigenvalue weighted by Gasteiger charge is 2.37. The highest BCUT2D eigenvalue weighted by molar-refractivity contribution is 7.52. The lowest BCUT2D eigenvalue weighted by atomic mass is 10.0. The normalized spacial score (nSPS) is 15.1. The number of rotatable bonds is 41. The number of guanidine groups is 1. The molecule has 11 atom stereocenters. The van der Waals surface area contributed by atoms with E-state index in [0.29, 0.717) is 5.56 Å². The maximum absolute atomic E-state index is 14.3. The number of nitrogens with one attached hydrogen (secondary N) is 10. The number of benzene rings is 1. The minimum atomic E-state index is -3.90. The number of H-pyrrole nitrogens is 1. The van der Waals surface area contributed by atoms with Gasteiger partial charge in [0.05, 0.1) is 31.8 Å². The van der Waals surface area contributed by atoms with Crippen molar-refractivity contribution in [3.8, 4) is 5.75 Å². The summed E-state index contributed by atoms with van der Waals surface area (Å²) in [4.78, 5) is 192. The maximum Gasteiger partial charge on any atom is 0.373 e. The van der Waals surface area contributed by atoms with Crippen LogP contribution in [-0.2, 0) is 79.7 Å². The third kappa shape index (κ3) is 29.6. The van der Waals surface area contributed by atoms with E-state index in [1.807, 2.05) is 0 Å². The van der Waals surface area contributed by atoms with Gasteiger partial charge >= 0.3 is 25.5 Å². The first-order valence-electron chi connectivity index (χ1n) is 28.1. The van der Waals surface area contributed by atoms with Crippen molar-refractivity contribution in [3.63, 3.8) is 0 Å². The van der Waals surface area contributed by atoms with Crippen LogP contribution in [0.25, 0.3) is 0 Å². The predicted molar refractivity (Wildman–Crippen MR) is 316 cm³/mol. The molecule has 10 amide bonds. The van der Waals surface area contributed by atoms with Crippen LogP contribution in [-0.4, -0.2) is 198 Å². The molecule has 1 unspecified atom stereocenters. The molecule has 0 spiro atoms. The lowest BCUT2D eigenvalue weighted by molar-refractivity contribution is -0.142. The van der Waals surface area contributed by atoms with Gasteiger partial charge in [0.15, 0.2) is 5.96 Å². The van der Waals surface area contributed by atoms with Crippen LogP contribution in [0.2, 0.25) is 0 Å². The molecular weight excluding hydrogens is 1210 g/mol. The molecular formula is C53H83N16O20P. The average Bonchev–Trinajstić information content (AvgIpc) is 1.37. The number of amides is 10. The van der Waals surface area contributed by atoms with E-state index in [2.05, 4.69) is 62.8 Å². The third-order valence-corrected chi connectivity index (χ3v) is 13.3. The second-order valence-corrected chi connectivity index (χ2v) is 23.6. The molecule has 90 heavy (non-hydrogen) atoms. The average molecular weight is 1300 g/mol. The van der Waals surface area contributed by atoms with Crippen LogP contribution in [0.3, 0.4) is 0 Å². The van der Waals surface area contributed by atoms with E-state index in [0.717, 1.165) is 6.66 Å². The van der Waals surface area contributed by atoms with E-state index in [1.165, 1.54) is 43.7 Å². The zero-order valence-electron chi connectivity index (χ0n) is 50.4. The Balaban J connectivity index is 2.44. The van der Waals surface area contributed by atoms with Gasteiger partial charge in [0.2, 0.25) is 59.1 Å². The van der Waals surface area contributed by atoms with Gasteiger partial charge in [-0.15, -0.1) is 0 Å². The van der Waals surface area contributed by atoms with Crippen molar-refractivity contribution in [2.24, 2.45) is 39.8 Å². The minimum absolute atomic E-state index is 0.0151. The Bertz CT molecular complexity index is 2900. The first-order valence-corrected chi connectivity index (χ1v) is 30.2. The summed E-state index contributed by atoms with van der Waals surface area (Å²) in [6.45, 7) is 7.65. The molecule has 23 N–H and O–H groups in total. The molecule has 0 aliphatic carbocycles. The quantitative estimate of drug-likeness (QED) is 0.0128. The number of aromatic amines is 1. The number of aliphatic carboxylic acids is 3. The standard InChI is InChI=1S/C53H83N16O20P/c1-25(2)16-34(47(80)61-27(5)43(76)68-38(52(85)86)18-28-9-11-30(12-10-28)89-90(6,87)88)65-50(83)37(21-42(74)75)67-46(79)33(13-14-41(72)73)63-45(78)32(8-7-15-59-53(56)57)62-49(82)36(19-29-22-58-24-60-29)66-51(84)39(23-70)69-48(81)35(17-26(3)4)64-44(77)31(54)20-40(55)71/h9-12,22,24-27,31-39,70H,7-8,13-21,23,54H2,1-6H3,(H2,55,71)(H,58,60)(H,61,80)(H,62,82)(H,63,78)(H,64,77)(H,65,83)(H,66,84)(H,67,79)(H,68,76)(H,69,81)(H,72,73)(H,74,75)(H,85,86)(H,87,88)(H4,56,57,59)/t27-,31-,32-,33-,34-,35-,36-,37-,38-,39-/m0/s1. The van der Waals surface area contributed by atoms with Crippen LogP contribution < -0.4 is 75.3 Å². The Morgan fingerprint density at radius 1 is 0.589 bits per heavy atom. The first-order chi connectivity index (χ1) is 42.0. The summed E-state index contributed by atoms with van der Waals surface area (Å²) < 4.78 is 16.5. The topological polar surface area (TPSA) is 603 Å². The molecule has 2 aromatic rings. The monoisotopic (exact) mass is 1290 g/mol. The van der Waals surface area contributed by atoms with Gasteiger partial charge in [-0.3, -0.25) is 62.5 Å². The highest BCUT2D eigenvalue weighted by atomic mass is 31.2. The van der Waals surface area contributed by atoms with Gasteiger partial charge in [-0.25, -0.2) is 14.3 Å². The predicted octanol–water partition coefficient (Wildman–Crippen LogP) is -5.46. The number of carboxylic acids is 3. The molecule has 500 valence electrons. The number of carbonyl (C=O) groups excluding carboxylic acids is 10. The smallest absolute Gasteiger partial charge is 0.373 e.